The molecule has 0 unspecified atom stereocenters. The number of nitrogens with one attached hydrogen (secondary N) is 3. The first-order valence-corrected chi connectivity index (χ1v) is 10.1. The van der Waals surface area contributed by atoms with Gasteiger partial charge in [0.15, 0.2) is 5.96 Å². The standard InChI is InChI=1S/C23H32N4O3/c1-18-10-11-20(21(14-18)30-13-7-12-29-3)16-26-23(24-2)27-17-22(28)25-15-19-8-5-4-6-9-19/h4-6,8-11,14H,7,12-13,15-17H2,1-3H3,(H,25,28)(H2,24,26,27). The fraction of sp³-hybridized carbons (Fsp3) is 0.391. The van der Waals surface area contributed by atoms with Gasteiger partial charge in [0.05, 0.1) is 13.2 Å². The summed E-state index contributed by atoms with van der Waals surface area (Å²) < 4.78 is 11.0. The molecule has 0 aromatic heterocycles. The maximum Gasteiger partial charge on any atom is 0.239 e. The van der Waals surface area contributed by atoms with Crippen LogP contribution in [0.3, 0.4) is 0 Å². The number of ether oxygens (including phenoxy) is 2. The van der Waals surface area contributed by atoms with Gasteiger partial charge in [-0.3, -0.25) is 9.79 Å². The van der Waals surface area contributed by atoms with Crippen LogP contribution in [0.1, 0.15) is 23.1 Å². The highest BCUT2D eigenvalue weighted by molar-refractivity contribution is 5.86. The van der Waals surface area contributed by atoms with Gasteiger partial charge in [-0.25, -0.2) is 0 Å². The highest BCUT2D eigenvalue weighted by atomic mass is 16.5. The molecule has 0 atom stereocenters. The number of methoxy groups -OCH3 is 1. The van der Waals surface area contributed by atoms with Crippen molar-refractivity contribution >= 4 is 11.9 Å². The lowest BCUT2D eigenvalue weighted by Gasteiger charge is -2.15. The van der Waals surface area contributed by atoms with Gasteiger partial charge in [-0.05, 0) is 24.1 Å². The summed E-state index contributed by atoms with van der Waals surface area (Å²) in [5, 5.41) is 9.15. The van der Waals surface area contributed by atoms with Crippen LogP contribution in [0.4, 0.5) is 0 Å². The maximum absolute atomic E-state index is 12.1. The molecule has 0 bridgehead atoms. The first kappa shape index (κ1) is 23.2. The largest absolute Gasteiger partial charge is 0.493 e. The summed E-state index contributed by atoms with van der Waals surface area (Å²) in [5.41, 5.74) is 3.22. The average Bonchev–Trinajstić information content (AvgIpc) is 2.77. The zero-order chi connectivity index (χ0) is 21.6. The quantitative estimate of drug-likeness (QED) is 0.300. The van der Waals surface area contributed by atoms with Crippen LogP contribution >= 0.6 is 0 Å². The van der Waals surface area contributed by atoms with Gasteiger partial charge < -0.3 is 25.4 Å². The van der Waals surface area contributed by atoms with E-state index in [4.69, 9.17) is 9.47 Å². The molecular weight excluding hydrogens is 380 g/mol. The summed E-state index contributed by atoms with van der Waals surface area (Å²) in [6.07, 6.45) is 0.832. The molecule has 0 aliphatic rings. The molecule has 2 rings (SSSR count). The zero-order valence-corrected chi connectivity index (χ0v) is 18.0. The first-order chi connectivity index (χ1) is 14.6. The van der Waals surface area contributed by atoms with Gasteiger partial charge in [-0.2, -0.15) is 0 Å². The van der Waals surface area contributed by atoms with Gasteiger partial charge in [0, 0.05) is 45.8 Å². The number of carbonyl (C=O) groups excluding carboxylic acids is 1. The smallest absolute Gasteiger partial charge is 0.239 e. The van der Waals surface area contributed by atoms with Gasteiger partial charge in [-0.1, -0.05) is 42.5 Å². The molecule has 0 saturated heterocycles. The van der Waals surface area contributed by atoms with Crippen LogP contribution in [-0.4, -0.2) is 45.8 Å². The molecule has 0 heterocycles. The molecule has 162 valence electrons. The molecule has 2 aromatic carbocycles. The van der Waals surface area contributed by atoms with Crippen molar-refractivity contribution in [3.05, 3.63) is 65.2 Å². The second kappa shape index (κ2) is 13.2. The van der Waals surface area contributed by atoms with Crippen molar-refractivity contribution in [1.29, 1.82) is 0 Å². The van der Waals surface area contributed by atoms with Crippen LogP contribution in [0.2, 0.25) is 0 Å². The third-order valence-electron chi connectivity index (χ3n) is 4.39. The molecule has 0 spiro atoms. The maximum atomic E-state index is 12.1. The van der Waals surface area contributed by atoms with Crippen LogP contribution in [0.25, 0.3) is 0 Å². The van der Waals surface area contributed by atoms with Gasteiger partial charge in [0.1, 0.15) is 5.75 Å². The minimum Gasteiger partial charge on any atom is -0.493 e. The molecule has 1 amide bonds. The number of hydrogen-bond acceptors (Lipinski definition) is 4. The van der Waals surface area contributed by atoms with Crippen molar-refractivity contribution in [3.63, 3.8) is 0 Å². The Morgan fingerprint density at radius 1 is 1.00 bits per heavy atom. The minimum atomic E-state index is -0.0979. The molecule has 7 nitrogen and oxygen atoms in total. The van der Waals surface area contributed by atoms with Gasteiger partial charge in [-0.15, -0.1) is 0 Å². The fourth-order valence-electron chi connectivity index (χ4n) is 2.75. The monoisotopic (exact) mass is 412 g/mol. The van der Waals surface area contributed by atoms with Crippen molar-refractivity contribution in [2.45, 2.75) is 26.4 Å². The third kappa shape index (κ3) is 8.53. The summed E-state index contributed by atoms with van der Waals surface area (Å²) in [4.78, 5) is 16.3. The minimum absolute atomic E-state index is 0.0979. The Bertz CT molecular complexity index is 809. The van der Waals surface area contributed by atoms with E-state index >= 15 is 0 Å². The van der Waals surface area contributed by atoms with Crippen molar-refractivity contribution in [2.75, 3.05) is 33.9 Å². The summed E-state index contributed by atoms with van der Waals surface area (Å²) in [5.74, 6) is 1.30. The Morgan fingerprint density at radius 3 is 2.53 bits per heavy atom. The lowest BCUT2D eigenvalue weighted by atomic mass is 10.1. The average molecular weight is 413 g/mol. The number of guanidine groups is 1. The van der Waals surface area contributed by atoms with Crippen LogP contribution < -0.4 is 20.7 Å². The molecule has 0 aliphatic carbocycles. The van der Waals surface area contributed by atoms with E-state index in [1.807, 2.05) is 55.5 Å². The van der Waals surface area contributed by atoms with Crippen molar-refractivity contribution in [1.82, 2.24) is 16.0 Å². The van der Waals surface area contributed by atoms with E-state index in [0.717, 1.165) is 28.9 Å². The number of aliphatic imine (C=N–C) groups is 1. The van der Waals surface area contributed by atoms with Crippen LogP contribution in [0.5, 0.6) is 5.75 Å². The Hall–Kier alpha value is -3.06. The lowest BCUT2D eigenvalue weighted by molar-refractivity contribution is -0.120. The first-order valence-electron chi connectivity index (χ1n) is 10.1. The van der Waals surface area contributed by atoms with E-state index in [1.54, 1.807) is 14.2 Å². The van der Waals surface area contributed by atoms with Gasteiger partial charge in [0.25, 0.3) is 0 Å². The topological polar surface area (TPSA) is 84.0 Å². The summed E-state index contributed by atoms with van der Waals surface area (Å²) in [6, 6.07) is 15.9. The Morgan fingerprint density at radius 2 is 1.80 bits per heavy atom. The van der Waals surface area contributed by atoms with E-state index in [2.05, 4.69) is 20.9 Å². The SMILES string of the molecule is CN=C(NCC(=O)NCc1ccccc1)NCc1ccc(C)cc1OCCCOC. The summed E-state index contributed by atoms with van der Waals surface area (Å²) >= 11 is 0. The number of carbonyl (C=O) groups is 1. The fourth-order valence-corrected chi connectivity index (χ4v) is 2.75. The van der Waals surface area contributed by atoms with Gasteiger partial charge in [0.2, 0.25) is 5.91 Å². The predicted octanol–water partition coefficient (Wildman–Crippen LogP) is 2.39. The molecular formula is C23H32N4O3. The molecule has 3 N–H and O–H groups in total. The third-order valence-corrected chi connectivity index (χ3v) is 4.39. The van der Waals surface area contributed by atoms with E-state index in [1.165, 1.54) is 0 Å². The summed E-state index contributed by atoms with van der Waals surface area (Å²) in [7, 11) is 3.36. The van der Waals surface area contributed by atoms with Crippen molar-refractivity contribution in [2.24, 2.45) is 4.99 Å². The lowest BCUT2D eigenvalue weighted by Crippen LogP contribution is -2.42. The number of aryl methyl sites for hydroxylation is 1. The normalized spacial score (nSPS) is 11.1. The van der Waals surface area contributed by atoms with Crippen LogP contribution in [0.15, 0.2) is 53.5 Å². The number of nitrogens with zero attached hydrogens (tertiary/aromatic N) is 1. The Balaban J connectivity index is 1.79. The number of benzene rings is 2. The molecule has 2 aromatic rings. The predicted molar refractivity (Wildman–Crippen MR) is 120 cm³/mol. The number of rotatable bonds is 11. The second-order valence-corrected chi connectivity index (χ2v) is 6.85. The molecule has 0 fully saturated rings. The van der Waals surface area contributed by atoms with Gasteiger partial charge >= 0.3 is 0 Å². The highest BCUT2D eigenvalue weighted by Crippen LogP contribution is 2.20. The van der Waals surface area contributed by atoms with Crippen molar-refractivity contribution < 1.29 is 14.3 Å². The Kier molecular flexibility index (Phi) is 10.2. The molecule has 0 aliphatic heterocycles. The molecule has 30 heavy (non-hydrogen) atoms. The van der Waals surface area contributed by atoms with E-state index in [0.29, 0.717) is 32.3 Å². The van der Waals surface area contributed by atoms with Crippen molar-refractivity contribution in [3.8, 4) is 5.75 Å². The molecule has 0 saturated carbocycles. The summed E-state index contributed by atoms with van der Waals surface area (Å²) in [6.45, 7) is 4.47. The van der Waals surface area contributed by atoms with E-state index < -0.39 is 0 Å². The highest BCUT2D eigenvalue weighted by Gasteiger charge is 2.07. The molecule has 0 radical (unpaired) electrons. The Labute approximate surface area is 178 Å². The van der Waals surface area contributed by atoms with Crippen LogP contribution in [0, 0.1) is 6.92 Å². The molecule has 7 heteroatoms. The van der Waals surface area contributed by atoms with E-state index in [-0.39, 0.29) is 12.5 Å². The van der Waals surface area contributed by atoms with Crippen LogP contribution in [-0.2, 0) is 22.6 Å². The number of amides is 1. The van der Waals surface area contributed by atoms with E-state index in [9.17, 15) is 4.79 Å². The second-order valence-electron chi connectivity index (χ2n) is 6.85. The number of hydrogen-bond donors (Lipinski definition) is 3. The zero-order valence-electron chi connectivity index (χ0n) is 18.0.